The molecule has 0 aliphatic carbocycles. The van der Waals surface area contributed by atoms with Gasteiger partial charge in [0, 0.05) is 17.1 Å². The van der Waals surface area contributed by atoms with Crippen LogP contribution in [0.3, 0.4) is 0 Å². The number of carbonyl (C=O) groups is 1. The van der Waals surface area contributed by atoms with Crippen molar-refractivity contribution in [1.29, 1.82) is 5.26 Å². The second-order valence-electron chi connectivity index (χ2n) is 6.35. The Bertz CT molecular complexity index is 1140. The van der Waals surface area contributed by atoms with Crippen molar-refractivity contribution in [2.45, 2.75) is 44.6 Å². The summed E-state index contributed by atoms with van der Waals surface area (Å²) in [6, 6.07) is 8.73. The molecule has 0 spiro atoms. The van der Waals surface area contributed by atoms with Crippen molar-refractivity contribution in [2.24, 2.45) is 0 Å². The molecule has 8 heteroatoms. The molecule has 0 aliphatic heterocycles. The van der Waals surface area contributed by atoms with Gasteiger partial charge in [0.25, 0.3) is 5.56 Å². The zero-order valence-corrected chi connectivity index (χ0v) is 17.7. The van der Waals surface area contributed by atoms with Gasteiger partial charge in [0.15, 0.2) is 5.16 Å². The highest BCUT2D eigenvalue weighted by molar-refractivity contribution is 8.00. The van der Waals surface area contributed by atoms with Crippen LogP contribution in [0.5, 0.6) is 0 Å². The number of aromatic nitrogens is 2. The van der Waals surface area contributed by atoms with Crippen molar-refractivity contribution in [1.82, 2.24) is 9.55 Å². The van der Waals surface area contributed by atoms with E-state index in [1.807, 2.05) is 26.8 Å². The Balaban J connectivity index is 1.85. The van der Waals surface area contributed by atoms with Gasteiger partial charge in [0.1, 0.15) is 4.83 Å². The first-order valence-electron chi connectivity index (χ1n) is 8.84. The fourth-order valence-corrected chi connectivity index (χ4v) is 4.80. The van der Waals surface area contributed by atoms with Gasteiger partial charge in [-0.1, -0.05) is 11.8 Å². The van der Waals surface area contributed by atoms with Crippen molar-refractivity contribution in [2.75, 3.05) is 5.32 Å². The lowest BCUT2D eigenvalue weighted by molar-refractivity contribution is -0.115. The van der Waals surface area contributed by atoms with E-state index in [1.54, 1.807) is 35.8 Å². The van der Waals surface area contributed by atoms with Crippen LogP contribution in [0.2, 0.25) is 0 Å². The second kappa shape index (κ2) is 8.17. The minimum atomic E-state index is -0.444. The molecule has 28 heavy (non-hydrogen) atoms. The third-order valence-electron chi connectivity index (χ3n) is 4.50. The summed E-state index contributed by atoms with van der Waals surface area (Å²) >= 11 is 2.77. The van der Waals surface area contributed by atoms with Crippen molar-refractivity contribution in [3.05, 3.63) is 50.6 Å². The van der Waals surface area contributed by atoms with Crippen LogP contribution in [0.1, 0.15) is 29.9 Å². The number of fused-ring (bicyclic) bond motifs is 1. The summed E-state index contributed by atoms with van der Waals surface area (Å²) < 4.78 is 1.62. The summed E-state index contributed by atoms with van der Waals surface area (Å²) in [5.74, 6) is -0.190. The molecule has 0 saturated carbocycles. The average molecular weight is 413 g/mol. The minimum absolute atomic E-state index is 0.0587. The molecule has 6 nitrogen and oxygen atoms in total. The summed E-state index contributed by atoms with van der Waals surface area (Å²) in [5.41, 5.74) is 2.07. The summed E-state index contributed by atoms with van der Waals surface area (Å²) in [6.45, 7) is 8.10. The number of thiophene rings is 1. The van der Waals surface area contributed by atoms with Gasteiger partial charge in [-0.25, -0.2) is 4.98 Å². The number of benzene rings is 1. The smallest absolute Gasteiger partial charge is 0.263 e. The Labute approximate surface area is 171 Å². The maximum absolute atomic E-state index is 12.9. The number of hydrogen-bond donors (Lipinski definition) is 1. The lowest BCUT2D eigenvalue weighted by Crippen LogP contribution is -2.26. The number of nitrogens with zero attached hydrogens (tertiary/aromatic N) is 3. The second-order valence-corrected chi connectivity index (χ2v) is 8.86. The lowest BCUT2D eigenvalue weighted by Gasteiger charge is -2.15. The molecule has 0 aliphatic rings. The number of amides is 1. The van der Waals surface area contributed by atoms with Crippen LogP contribution in [0.4, 0.5) is 5.69 Å². The molecule has 0 bridgehead atoms. The molecule has 0 saturated heterocycles. The van der Waals surface area contributed by atoms with E-state index < -0.39 is 5.25 Å². The molecule has 3 rings (SSSR count). The molecule has 1 N–H and O–H groups in total. The van der Waals surface area contributed by atoms with Crippen molar-refractivity contribution >= 4 is 44.9 Å². The average Bonchev–Trinajstić information content (AvgIpc) is 2.96. The van der Waals surface area contributed by atoms with Crippen molar-refractivity contribution < 1.29 is 4.79 Å². The Morgan fingerprint density at radius 2 is 2.04 bits per heavy atom. The normalized spacial score (nSPS) is 12.0. The Morgan fingerprint density at radius 1 is 1.36 bits per heavy atom. The number of carbonyl (C=O) groups excluding carboxylic acids is 1. The van der Waals surface area contributed by atoms with Crippen molar-refractivity contribution in [3.63, 3.8) is 0 Å². The Morgan fingerprint density at radius 3 is 2.64 bits per heavy atom. The van der Waals surface area contributed by atoms with E-state index in [-0.39, 0.29) is 11.5 Å². The predicted molar refractivity (Wildman–Crippen MR) is 114 cm³/mol. The van der Waals surface area contributed by atoms with Crippen LogP contribution >= 0.6 is 23.1 Å². The number of hydrogen-bond acceptors (Lipinski definition) is 6. The molecule has 144 valence electrons. The van der Waals surface area contributed by atoms with Crippen LogP contribution < -0.4 is 10.9 Å². The highest BCUT2D eigenvalue weighted by Crippen LogP contribution is 2.30. The van der Waals surface area contributed by atoms with Crippen LogP contribution in [0.15, 0.2) is 34.2 Å². The van der Waals surface area contributed by atoms with E-state index in [4.69, 9.17) is 5.26 Å². The summed E-state index contributed by atoms with van der Waals surface area (Å²) in [7, 11) is 0. The van der Waals surface area contributed by atoms with Gasteiger partial charge in [-0.2, -0.15) is 5.26 Å². The standard InChI is InChI=1S/C20H20N4O2S2/c1-5-24-19(26)16-11(2)12(3)27-18(16)23-20(24)28-13(4)17(25)22-15-8-6-14(10-21)7-9-15/h6-9,13H,5H2,1-4H3,(H,22,25)/t13-/m1/s1. The summed E-state index contributed by atoms with van der Waals surface area (Å²) in [5, 5.41) is 12.5. The van der Waals surface area contributed by atoms with Gasteiger partial charge in [-0.15, -0.1) is 11.3 Å². The molecule has 2 heterocycles. The maximum Gasteiger partial charge on any atom is 0.263 e. The van der Waals surface area contributed by atoms with E-state index in [1.165, 1.54) is 23.1 Å². The molecule has 1 amide bonds. The Hall–Kier alpha value is -2.63. The lowest BCUT2D eigenvalue weighted by atomic mass is 10.2. The molecule has 0 fully saturated rings. The van der Waals surface area contributed by atoms with Gasteiger partial charge in [-0.05, 0) is 57.5 Å². The highest BCUT2D eigenvalue weighted by atomic mass is 32.2. The minimum Gasteiger partial charge on any atom is -0.325 e. The zero-order chi connectivity index (χ0) is 20.4. The number of rotatable bonds is 5. The molecule has 0 unspecified atom stereocenters. The quantitative estimate of drug-likeness (QED) is 0.504. The largest absolute Gasteiger partial charge is 0.325 e. The van der Waals surface area contributed by atoms with Crippen molar-refractivity contribution in [3.8, 4) is 6.07 Å². The molecule has 1 atom stereocenters. The van der Waals surface area contributed by atoms with Crippen LogP contribution in [-0.4, -0.2) is 20.7 Å². The van der Waals surface area contributed by atoms with E-state index in [0.29, 0.717) is 33.2 Å². The van der Waals surface area contributed by atoms with Gasteiger partial charge < -0.3 is 5.32 Å². The zero-order valence-electron chi connectivity index (χ0n) is 16.1. The summed E-state index contributed by atoms with van der Waals surface area (Å²) in [6.07, 6.45) is 0. The van der Waals surface area contributed by atoms with E-state index in [0.717, 1.165) is 10.4 Å². The van der Waals surface area contributed by atoms with E-state index >= 15 is 0 Å². The van der Waals surface area contributed by atoms with Crippen LogP contribution in [0.25, 0.3) is 10.2 Å². The van der Waals surface area contributed by atoms with Crippen LogP contribution in [0, 0.1) is 25.2 Å². The highest BCUT2D eigenvalue weighted by Gasteiger charge is 2.21. The first-order valence-corrected chi connectivity index (χ1v) is 10.5. The van der Waals surface area contributed by atoms with Gasteiger partial charge >= 0.3 is 0 Å². The molecule has 2 aromatic heterocycles. The third-order valence-corrected chi connectivity index (χ3v) is 6.69. The molecular formula is C20H20N4O2S2. The first kappa shape index (κ1) is 20.1. The first-order chi connectivity index (χ1) is 13.3. The number of anilines is 1. The predicted octanol–water partition coefficient (Wildman–Crippen LogP) is 4.09. The van der Waals surface area contributed by atoms with Gasteiger partial charge in [0.05, 0.1) is 22.3 Å². The molecular weight excluding hydrogens is 392 g/mol. The number of nitrogens with one attached hydrogen (secondary N) is 1. The fraction of sp³-hybridized carbons (Fsp3) is 0.300. The molecule has 1 aromatic carbocycles. The third kappa shape index (κ3) is 3.81. The van der Waals surface area contributed by atoms with Crippen LogP contribution in [-0.2, 0) is 11.3 Å². The molecule has 0 radical (unpaired) electrons. The number of aryl methyl sites for hydroxylation is 2. The summed E-state index contributed by atoms with van der Waals surface area (Å²) in [4.78, 5) is 31.9. The SMILES string of the molecule is CCn1c(S[C@H](C)C(=O)Nc2ccc(C#N)cc2)nc2sc(C)c(C)c2c1=O. The topological polar surface area (TPSA) is 87.8 Å². The molecule has 3 aromatic rings. The number of nitriles is 1. The van der Waals surface area contributed by atoms with Gasteiger partial charge in [0.2, 0.25) is 5.91 Å². The maximum atomic E-state index is 12.9. The Kier molecular flexibility index (Phi) is 5.87. The van der Waals surface area contributed by atoms with E-state index in [9.17, 15) is 9.59 Å². The number of thioether (sulfide) groups is 1. The monoisotopic (exact) mass is 412 g/mol. The van der Waals surface area contributed by atoms with E-state index in [2.05, 4.69) is 10.3 Å². The van der Waals surface area contributed by atoms with Gasteiger partial charge in [-0.3, -0.25) is 14.2 Å². The fourth-order valence-electron chi connectivity index (χ4n) is 2.76.